The summed E-state index contributed by atoms with van der Waals surface area (Å²) in [7, 11) is 0. The van der Waals surface area contributed by atoms with Crippen molar-refractivity contribution in [1.82, 2.24) is 21.1 Å². The number of benzene rings is 1. The predicted molar refractivity (Wildman–Crippen MR) is 125 cm³/mol. The molecule has 2 saturated heterocycles. The molecule has 0 spiro atoms. The number of hydrogen-bond donors (Lipinski definition) is 4. The summed E-state index contributed by atoms with van der Waals surface area (Å²) < 4.78 is 38.8. The van der Waals surface area contributed by atoms with E-state index < -0.39 is 23.8 Å². The van der Waals surface area contributed by atoms with Crippen LogP contribution in [0.1, 0.15) is 51.0 Å². The van der Waals surface area contributed by atoms with Crippen molar-refractivity contribution < 1.29 is 18.0 Å². The third-order valence-corrected chi connectivity index (χ3v) is 8.16. The van der Waals surface area contributed by atoms with Gasteiger partial charge in [0.15, 0.2) is 0 Å². The molecular weight excluding hydrogens is 457 g/mol. The zero-order chi connectivity index (χ0) is 24.7. The number of carbonyl (C=O) groups is 1. The van der Waals surface area contributed by atoms with Crippen LogP contribution in [0.5, 0.6) is 0 Å². The van der Waals surface area contributed by atoms with Crippen LogP contribution in [-0.4, -0.2) is 47.8 Å². The largest absolute Gasteiger partial charge is 0.416 e. The Balaban J connectivity index is 1.29. The number of alkyl halides is 3. The van der Waals surface area contributed by atoms with Gasteiger partial charge in [0.1, 0.15) is 6.17 Å². The number of halogens is 3. The Hall–Kier alpha value is -2.35. The lowest BCUT2D eigenvalue weighted by Crippen LogP contribution is -2.56. The second-order valence-electron chi connectivity index (χ2n) is 10.5. The lowest BCUT2D eigenvalue weighted by molar-refractivity contribution is -0.137. The average molecular weight is 491 g/mol. The first-order valence-electron chi connectivity index (χ1n) is 12.7. The minimum atomic E-state index is -4.40. The SMILES string of the molecule is C[C@H](N[C@@H]1CC[C@@H](N2NC(Nc3ccc(C(F)(F)F)cc3)C3C(=O)NCCC32)[C@H](C#N)C1)C1CC1. The maximum Gasteiger partial charge on any atom is 0.416 e. The molecule has 0 aromatic heterocycles. The first-order valence-corrected chi connectivity index (χ1v) is 12.7. The van der Waals surface area contributed by atoms with Gasteiger partial charge < -0.3 is 16.0 Å². The van der Waals surface area contributed by atoms with Gasteiger partial charge in [-0.25, -0.2) is 10.4 Å². The fourth-order valence-corrected chi connectivity index (χ4v) is 6.12. The van der Waals surface area contributed by atoms with E-state index in [1.54, 1.807) is 0 Å². The number of piperidine rings is 1. The number of carbonyl (C=O) groups excluding carboxylic acids is 1. The Morgan fingerprint density at radius 1 is 1.11 bits per heavy atom. The van der Waals surface area contributed by atoms with Crippen molar-refractivity contribution in [2.45, 2.75) is 82.0 Å². The van der Waals surface area contributed by atoms with E-state index in [2.05, 4.69) is 39.4 Å². The highest BCUT2D eigenvalue weighted by molar-refractivity contribution is 5.82. The monoisotopic (exact) mass is 490 g/mol. The van der Waals surface area contributed by atoms with Gasteiger partial charge in [-0.3, -0.25) is 4.79 Å². The van der Waals surface area contributed by atoms with Crippen LogP contribution in [0.25, 0.3) is 0 Å². The molecule has 0 radical (unpaired) electrons. The Bertz CT molecular complexity index is 959. The molecule has 1 amide bonds. The highest BCUT2D eigenvalue weighted by Gasteiger charge is 2.51. The molecule has 5 rings (SSSR count). The van der Waals surface area contributed by atoms with E-state index in [0.717, 1.165) is 43.7 Å². The van der Waals surface area contributed by atoms with E-state index in [4.69, 9.17) is 0 Å². The van der Waals surface area contributed by atoms with Crippen molar-refractivity contribution in [2.75, 3.05) is 11.9 Å². The summed E-state index contributed by atoms with van der Waals surface area (Å²) in [6, 6.07) is 8.07. The maximum atomic E-state index is 12.9. The number of amides is 1. The number of anilines is 1. The lowest BCUT2D eigenvalue weighted by atomic mass is 9.80. The number of fused-ring (bicyclic) bond motifs is 1. The van der Waals surface area contributed by atoms with Gasteiger partial charge in [-0.2, -0.15) is 18.4 Å². The summed E-state index contributed by atoms with van der Waals surface area (Å²) in [6.45, 7) is 2.80. The smallest absolute Gasteiger partial charge is 0.368 e. The Kier molecular flexibility index (Phi) is 6.68. The van der Waals surface area contributed by atoms with Gasteiger partial charge >= 0.3 is 6.18 Å². The van der Waals surface area contributed by atoms with Crippen molar-refractivity contribution in [1.29, 1.82) is 5.26 Å². The normalized spacial score (nSPS) is 34.5. The topological polar surface area (TPSA) is 92.2 Å². The summed E-state index contributed by atoms with van der Waals surface area (Å²) in [5, 5.41) is 22.0. The average Bonchev–Trinajstić information content (AvgIpc) is 3.62. The second kappa shape index (κ2) is 9.60. The van der Waals surface area contributed by atoms with E-state index in [9.17, 15) is 23.2 Å². The highest BCUT2D eigenvalue weighted by atomic mass is 19.4. The Morgan fingerprint density at radius 3 is 2.51 bits per heavy atom. The van der Waals surface area contributed by atoms with E-state index >= 15 is 0 Å². The number of rotatable bonds is 6. The zero-order valence-corrected chi connectivity index (χ0v) is 19.8. The molecule has 2 heterocycles. The van der Waals surface area contributed by atoms with Gasteiger partial charge in [0, 0.05) is 36.4 Å². The van der Waals surface area contributed by atoms with Crippen LogP contribution < -0.4 is 21.4 Å². The molecule has 1 aromatic rings. The van der Waals surface area contributed by atoms with Gasteiger partial charge in [0.2, 0.25) is 5.91 Å². The molecule has 10 heteroatoms. The van der Waals surface area contributed by atoms with Crippen LogP contribution >= 0.6 is 0 Å². The van der Waals surface area contributed by atoms with E-state index in [-0.39, 0.29) is 23.9 Å². The fraction of sp³-hybridized carbons (Fsp3) is 0.680. The minimum Gasteiger partial charge on any atom is -0.368 e. The fourth-order valence-electron chi connectivity index (χ4n) is 6.12. The molecule has 190 valence electrons. The number of nitrogens with zero attached hydrogens (tertiary/aromatic N) is 2. The summed E-state index contributed by atoms with van der Waals surface area (Å²) >= 11 is 0. The van der Waals surface area contributed by atoms with Crippen molar-refractivity contribution >= 4 is 11.6 Å². The molecule has 7 nitrogen and oxygen atoms in total. The van der Waals surface area contributed by atoms with Crippen LogP contribution in [0.3, 0.4) is 0 Å². The lowest BCUT2D eigenvalue weighted by Gasteiger charge is -2.42. The molecule has 3 unspecified atom stereocenters. The first-order chi connectivity index (χ1) is 16.7. The van der Waals surface area contributed by atoms with Crippen LogP contribution in [0.2, 0.25) is 0 Å². The van der Waals surface area contributed by atoms with Crippen molar-refractivity contribution in [2.24, 2.45) is 17.8 Å². The number of hydrogen-bond acceptors (Lipinski definition) is 6. The number of hydrazine groups is 1. The molecule has 4 fully saturated rings. The zero-order valence-electron chi connectivity index (χ0n) is 19.8. The molecule has 35 heavy (non-hydrogen) atoms. The van der Waals surface area contributed by atoms with Crippen molar-refractivity contribution in [3.8, 4) is 6.07 Å². The third-order valence-electron chi connectivity index (χ3n) is 8.16. The summed E-state index contributed by atoms with van der Waals surface area (Å²) in [4.78, 5) is 12.8. The second-order valence-corrected chi connectivity index (χ2v) is 10.5. The molecule has 2 aliphatic carbocycles. The minimum absolute atomic E-state index is 0.0212. The third kappa shape index (κ3) is 5.13. The van der Waals surface area contributed by atoms with Crippen LogP contribution in [0.15, 0.2) is 24.3 Å². The summed E-state index contributed by atoms with van der Waals surface area (Å²) in [5.41, 5.74) is 3.24. The first kappa shape index (κ1) is 24.3. The van der Waals surface area contributed by atoms with Crippen LogP contribution in [0, 0.1) is 29.1 Å². The van der Waals surface area contributed by atoms with Gasteiger partial charge in [-0.05, 0) is 75.6 Å². The molecule has 4 N–H and O–H groups in total. The van der Waals surface area contributed by atoms with Crippen LogP contribution in [-0.2, 0) is 11.0 Å². The number of nitriles is 1. The number of nitrogens with one attached hydrogen (secondary N) is 4. The van der Waals surface area contributed by atoms with Crippen molar-refractivity contribution in [3.63, 3.8) is 0 Å². The Labute approximate surface area is 203 Å². The molecule has 1 aromatic carbocycles. The molecule has 0 bridgehead atoms. The summed E-state index contributed by atoms with van der Waals surface area (Å²) in [5.74, 6) is 0.0987. The quantitative estimate of drug-likeness (QED) is 0.490. The molecular formula is C25H33F3N6O. The van der Waals surface area contributed by atoms with Gasteiger partial charge in [-0.1, -0.05) is 0 Å². The van der Waals surface area contributed by atoms with Gasteiger partial charge in [-0.15, -0.1) is 0 Å². The standard InChI is InChI=1S/C25H33F3N6O/c1-14(15-2-3-15)31-19-8-9-20(16(12-19)13-29)34-21-10-11-30-24(35)22(21)23(33-34)32-18-6-4-17(5-7-18)25(26,27)28/h4-7,14-16,19-23,31-33H,2-3,8-12H2,1H3,(H,30,35)/t14-,16-,19+,20+,21?,22?,23?/m0/s1. The summed E-state index contributed by atoms with van der Waals surface area (Å²) in [6.07, 6.45) is 1.04. The van der Waals surface area contributed by atoms with Crippen molar-refractivity contribution in [3.05, 3.63) is 29.8 Å². The highest BCUT2D eigenvalue weighted by Crippen LogP contribution is 2.38. The van der Waals surface area contributed by atoms with E-state index in [1.807, 2.05) is 0 Å². The van der Waals surface area contributed by atoms with E-state index in [1.165, 1.54) is 25.0 Å². The van der Waals surface area contributed by atoms with E-state index in [0.29, 0.717) is 24.3 Å². The van der Waals surface area contributed by atoms with Gasteiger partial charge in [0.05, 0.1) is 23.5 Å². The molecule has 7 atom stereocenters. The molecule has 4 aliphatic rings. The molecule has 2 aliphatic heterocycles. The maximum absolute atomic E-state index is 12.9. The predicted octanol–water partition coefficient (Wildman–Crippen LogP) is 3.22. The Morgan fingerprint density at radius 2 is 1.86 bits per heavy atom. The molecule has 2 saturated carbocycles. The van der Waals surface area contributed by atoms with Gasteiger partial charge in [0.25, 0.3) is 0 Å². The van der Waals surface area contributed by atoms with Crippen LogP contribution in [0.4, 0.5) is 18.9 Å².